The van der Waals surface area contributed by atoms with Crippen LogP contribution in [0.15, 0.2) is 47.8 Å². The molecule has 1 fully saturated rings. The van der Waals surface area contributed by atoms with Crippen LogP contribution in [0.2, 0.25) is 0 Å². The number of rotatable bonds is 9. The van der Waals surface area contributed by atoms with Crippen molar-refractivity contribution in [2.45, 2.75) is 25.0 Å². The molecule has 8 nitrogen and oxygen atoms in total. The SMILES string of the molecule is COc1ccc(-c2csc(N3CC(O)C[C@H]3C(=O)NCCc3ccccc3OC)n2)c(OC)c1. The van der Waals surface area contributed by atoms with Crippen molar-refractivity contribution in [3.8, 4) is 28.5 Å². The maximum atomic E-state index is 13.0. The van der Waals surface area contributed by atoms with Gasteiger partial charge in [0, 0.05) is 36.5 Å². The topological polar surface area (TPSA) is 93.2 Å². The van der Waals surface area contributed by atoms with E-state index in [4.69, 9.17) is 19.2 Å². The molecule has 9 heteroatoms. The van der Waals surface area contributed by atoms with Crippen molar-refractivity contribution >= 4 is 22.4 Å². The molecular weight excluding hydrogens is 454 g/mol. The Balaban J connectivity index is 1.46. The van der Waals surface area contributed by atoms with Crippen LogP contribution in [-0.2, 0) is 11.2 Å². The number of aliphatic hydroxyl groups is 1. The lowest BCUT2D eigenvalue weighted by atomic mass is 10.1. The molecule has 1 saturated heterocycles. The van der Waals surface area contributed by atoms with Crippen LogP contribution in [0.25, 0.3) is 11.3 Å². The summed E-state index contributed by atoms with van der Waals surface area (Å²) in [6.07, 6.45) is 0.429. The van der Waals surface area contributed by atoms with E-state index in [0.29, 0.717) is 42.6 Å². The Kier molecular flexibility index (Phi) is 7.54. The Hall–Kier alpha value is -3.30. The van der Waals surface area contributed by atoms with Gasteiger partial charge in [0.05, 0.1) is 33.1 Å². The second kappa shape index (κ2) is 10.8. The fourth-order valence-corrected chi connectivity index (χ4v) is 5.04. The van der Waals surface area contributed by atoms with Gasteiger partial charge in [0.2, 0.25) is 5.91 Å². The average molecular weight is 484 g/mol. The van der Waals surface area contributed by atoms with Crippen molar-refractivity contribution in [2.75, 3.05) is 39.3 Å². The van der Waals surface area contributed by atoms with Crippen LogP contribution in [0.4, 0.5) is 5.13 Å². The first-order valence-electron chi connectivity index (χ1n) is 11.1. The van der Waals surface area contributed by atoms with Crippen LogP contribution in [-0.4, -0.2) is 62.6 Å². The van der Waals surface area contributed by atoms with Gasteiger partial charge in [0.1, 0.15) is 23.3 Å². The summed E-state index contributed by atoms with van der Waals surface area (Å²) in [7, 11) is 4.85. The number of amides is 1. The van der Waals surface area contributed by atoms with Crippen LogP contribution in [0.3, 0.4) is 0 Å². The number of aliphatic hydroxyl groups excluding tert-OH is 1. The zero-order valence-corrected chi connectivity index (χ0v) is 20.3. The number of β-amino-alcohol motifs (C(OH)–C–C–N with tert-alkyl or cyclic N) is 1. The molecule has 1 aliphatic heterocycles. The van der Waals surface area contributed by atoms with E-state index in [9.17, 15) is 9.90 Å². The van der Waals surface area contributed by atoms with E-state index >= 15 is 0 Å². The number of ether oxygens (including phenoxy) is 3. The highest BCUT2D eigenvalue weighted by Gasteiger charge is 2.37. The zero-order valence-electron chi connectivity index (χ0n) is 19.5. The monoisotopic (exact) mass is 483 g/mol. The van der Waals surface area contributed by atoms with Crippen LogP contribution in [0.5, 0.6) is 17.2 Å². The Morgan fingerprint density at radius 1 is 1.15 bits per heavy atom. The molecule has 3 aromatic rings. The maximum absolute atomic E-state index is 13.0. The highest BCUT2D eigenvalue weighted by atomic mass is 32.1. The zero-order chi connectivity index (χ0) is 24.1. The molecule has 0 saturated carbocycles. The third-order valence-corrected chi connectivity index (χ3v) is 6.77. The third kappa shape index (κ3) is 5.10. The number of anilines is 1. The summed E-state index contributed by atoms with van der Waals surface area (Å²) in [6, 6.07) is 12.8. The van der Waals surface area contributed by atoms with E-state index in [0.717, 1.165) is 22.6 Å². The summed E-state index contributed by atoms with van der Waals surface area (Å²) in [5.41, 5.74) is 2.62. The predicted molar refractivity (Wildman–Crippen MR) is 132 cm³/mol. The second-order valence-corrected chi connectivity index (χ2v) is 8.83. The lowest BCUT2D eigenvalue weighted by Crippen LogP contribution is -2.44. The minimum atomic E-state index is -0.590. The molecule has 1 amide bonds. The first kappa shape index (κ1) is 23.8. The van der Waals surface area contributed by atoms with Gasteiger partial charge < -0.3 is 29.5 Å². The van der Waals surface area contributed by atoms with E-state index in [1.807, 2.05) is 52.7 Å². The molecule has 2 aromatic carbocycles. The molecule has 0 aliphatic carbocycles. The smallest absolute Gasteiger partial charge is 0.242 e. The lowest BCUT2D eigenvalue weighted by Gasteiger charge is -2.23. The molecule has 1 aliphatic rings. The molecule has 0 spiro atoms. The van der Waals surface area contributed by atoms with Crippen LogP contribution >= 0.6 is 11.3 Å². The van der Waals surface area contributed by atoms with Crippen molar-refractivity contribution < 1.29 is 24.1 Å². The summed E-state index contributed by atoms with van der Waals surface area (Å²) in [5.74, 6) is 2.04. The number of carbonyl (C=O) groups excluding carboxylic acids is 1. The van der Waals surface area contributed by atoms with Gasteiger partial charge in [0.15, 0.2) is 5.13 Å². The number of carbonyl (C=O) groups is 1. The predicted octanol–water partition coefficient (Wildman–Crippen LogP) is 3.13. The van der Waals surface area contributed by atoms with Crippen molar-refractivity contribution in [2.24, 2.45) is 0 Å². The number of aromatic nitrogens is 1. The van der Waals surface area contributed by atoms with Crippen molar-refractivity contribution in [1.29, 1.82) is 0 Å². The fraction of sp³-hybridized carbons (Fsp3) is 0.360. The van der Waals surface area contributed by atoms with Gasteiger partial charge in [-0.3, -0.25) is 4.79 Å². The lowest BCUT2D eigenvalue weighted by molar-refractivity contribution is -0.122. The van der Waals surface area contributed by atoms with Crippen molar-refractivity contribution in [1.82, 2.24) is 10.3 Å². The van der Waals surface area contributed by atoms with Crippen molar-refractivity contribution in [3.05, 3.63) is 53.4 Å². The number of methoxy groups -OCH3 is 3. The number of nitrogens with one attached hydrogen (secondary N) is 1. The summed E-state index contributed by atoms with van der Waals surface area (Å²) in [5, 5.41) is 16.0. The number of benzene rings is 2. The normalized spacial score (nSPS) is 17.5. The molecule has 2 heterocycles. The van der Waals surface area contributed by atoms with Gasteiger partial charge in [-0.1, -0.05) is 18.2 Å². The standard InChI is InChI=1S/C25H29N3O5S/c1-31-18-8-9-19(23(13-18)33-3)20-15-34-25(27-20)28-14-17(29)12-21(28)24(30)26-11-10-16-6-4-5-7-22(16)32-2/h4-9,13,15,17,21,29H,10-12,14H2,1-3H3,(H,26,30)/t17?,21-/m0/s1. The van der Waals surface area contributed by atoms with Crippen LogP contribution in [0.1, 0.15) is 12.0 Å². The number of thiazole rings is 1. The Morgan fingerprint density at radius 3 is 2.71 bits per heavy atom. The maximum Gasteiger partial charge on any atom is 0.242 e. The minimum Gasteiger partial charge on any atom is -0.497 e. The number of para-hydroxylation sites is 1. The molecule has 1 aromatic heterocycles. The molecular formula is C25H29N3O5S. The molecule has 0 radical (unpaired) electrons. The summed E-state index contributed by atoms with van der Waals surface area (Å²) < 4.78 is 16.2. The summed E-state index contributed by atoms with van der Waals surface area (Å²) in [6.45, 7) is 0.836. The third-order valence-electron chi connectivity index (χ3n) is 5.89. The van der Waals surface area contributed by atoms with Gasteiger partial charge >= 0.3 is 0 Å². The molecule has 1 unspecified atom stereocenters. The molecule has 0 bridgehead atoms. The molecule has 4 rings (SSSR count). The van der Waals surface area contributed by atoms with Crippen molar-refractivity contribution in [3.63, 3.8) is 0 Å². The molecule has 2 N–H and O–H groups in total. The molecule has 34 heavy (non-hydrogen) atoms. The first-order valence-corrected chi connectivity index (χ1v) is 11.9. The number of hydrogen-bond acceptors (Lipinski definition) is 8. The molecule has 180 valence electrons. The van der Waals surface area contributed by atoms with E-state index < -0.39 is 12.1 Å². The van der Waals surface area contributed by atoms with E-state index in [1.165, 1.54) is 11.3 Å². The number of nitrogens with zero attached hydrogens (tertiary/aromatic N) is 2. The average Bonchev–Trinajstić information content (AvgIpc) is 3.50. The second-order valence-electron chi connectivity index (χ2n) is 7.99. The first-order chi connectivity index (χ1) is 16.5. The minimum absolute atomic E-state index is 0.120. The van der Waals surface area contributed by atoms with E-state index in [1.54, 1.807) is 21.3 Å². The largest absolute Gasteiger partial charge is 0.497 e. The van der Waals surface area contributed by atoms with Gasteiger partial charge in [-0.05, 0) is 30.2 Å². The van der Waals surface area contributed by atoms with Gasteiger partial charge in [0.25, 0.3) is 0 Å². The Morgan fingerprint density at radius 2 is 1.94 bits per heavy atom. The van der Waals surface area contributed by atoms with Gasteiger partial charge in [-0.2, -0.15) is 0 Å². The molecule has 2 atom stereocenters. The van der Waals surface area contributed by atoms with Crippen LogP contribution in [0, 0.1) is 0 Å². The Bertz CT molecular complexity index is 1140. The highest BCUT2D eigenvalue weighted by Crippen LogP contribution is 2.37. The van der Waals surface area contributed by atoms with Crippen LogP contribution < -0.4 is 24.4 Å². The van der Waals surface area contributed by atoms with E-state index in [2.05, 4.69) is 5.32 Å². The quantitative estimate of drug-likeness (QED) is 0.483. The summed E-state index contributed by atoms with van der Waals surface area (Å²) >= 11 is 1.44. The van der Waals surface area contributed by atoms with E-state index in [-0.39, 0.29) is 5.91 Å². The fourth-order valence-electron chi connectivity index (χ4n) is 4.15. The Labute approximate surface area is 203 Å². The highest BCUT2D eigenvalue weighted by molar-refractivity contribution is 7.14. The van der Waals surface area contributed by atoms with Gasteiger partial charge in [-0.25, -0.2) is 4.98 Å². The number of hydrogen-bond donors (Lipinski definition) is 2. The van der Waals surface area contributed by atoms with Gasteiger partial charge in [-0.15, -0.1) is 11.3 Å². The summed E-state index contributed by atoms with van der Waals surface area (Å²) in [4.78, 5) is 19.7.